The lowest BCUT2D eigenvalue weighted by molar-refractivity contribution is 0.0982. The molecule has 29 heavy (non-hydrogen) atoms. The van der Waals surface area contributed by atoms with E-state index in [0.717, 1.165) is 5.56 Å². The summed E-state index contributed by atoms with van der Waals surface area (Å²) in [5.74, 6) is -0.313. The number of rotatable bonds is 7. The molecule has 0 N–H and O–H groups in total. The Kier molecular flexibility index (Phi) is 5.33. The van der Waals surface area contributed by atoms with Gasteiger partial charge in [-0.15, -0.1) is 0 Å². The zero-order valence-electron chi connectivity index (χ0n) is 15.5. The molecule has 4 nitrogen and oxygen atoms in total. The summed E-state index contributed by atoms with van der Waals surface area (Å²) in [4.78, 5) is 16.2. The number of ketones is 1. The predicted octanol–water partition coefficient (Wildman–Crippen LogP) is 5.01. The van der Waals surface area contributed by atoms with Gasteiger partial charge in [0.05, 0.1) is 6.20 Å². The van der Waals surface area contributed by atoms with Crippen LogP contribution in [-0.2, 0) is 13.0 Å². The highest BCUT2D eigenvalue weighted by molar-refractivity contribution is 5.96. The van der Waals surface area contributed by atoms with Crippen molar-refractivity contribution in [3.8, 4) is 5.75 Å². The number of pyridine rings is 1. The van der Waals surface area contributed by atoms with Gasteiger partial charge in [-0.2, -0.15) is 4.39 Å². The molecular formula is C23H18F2N2O2. The Bertz CT molecular complexity index is 1170. The summed E-state index contributed by atoms with van der Waals surface area (Å²) >= 11 is 0. The minimum Gasteiger partial charge on any atom is -0.489 e. The lowest BCUT2D eigenvalue weighted by atomic mass is 10.0. The Morgan fingerprint density at radius 1 is 1.03 bits per heavy atom. The second kappa shape index (κ2) is 8.22. The molecule has 0 saturated carbocycles. The predicted molar refractivity (Wildman–Crippen MR) is 105 cm³/mol. The highest BCUT2D eigenvalue weighted by Gasteiger charge is 2.10. The molecule has 0 aliphatic carbocycles. The number of Topliss-reactive ketones (excluding diaryl/α,β-unsaturated/α-hetero) is 1. The van der Waals surface area contributed by atoms with Crippen LogP contribution in [0.25, 0.3) is 5.65 Å². The maximum absolute atomic E-state index is 13.7. The monoisotopic (exact) mass is 392 g/mol. The van der Waals surface area contributed by atoms with Crippen LogP contribution in [0.1, 0.15) is 27.9 Å². The van der Waals surface area contributed by atoms with Crippen molar-refractivity contribution in [1.29, 1.82) is 0 Å². The van der Waals surface area contributed by atoms with E-state index in [1.165, 1.54) is 16.7 Å². The largest absolute Gasteiger partial charge is 0.489 e. The Morgan fingerprint density at radius 3 is 2.76 bits per heavy atom. The maximum atomic E-state index is 13.7. The second-order valence-corrected chi connectivity index (χ2v) is 6.70. The highest BCUT2D eigenvalue weighted by Crippen LogP contribution is 2.18. The van der Waals surface area contributed by atoms with Gasteiger partial charge in [0.25, 0.3) is 0 Å². The Morgan fingerprint density at radius 2 is 1.90 bits per heavy atom. The van der Waals surface area contributed by atoms with Gasteiger partial charge in [0.1, 0.15) is 23.8 Å². The SMILES string of the molecule is O=C(CCc1cccc(OCc2ccccc2F)c1)c1ccn2cc(F)nc2c1. The minimum absolute atomic E-state index is 0.0476. The van der Waals surface area contributed by atoms with Crippen LogP contribution in [0.3, 0.4) is 0 Å². The molecule has 0 saturated heterocycles. The average Bonchev–Trinajstić information content (AvgIpc) is 3.11. The number of fused-ring (bicyclic) bond motifs is 1. The molecule has 0 atom stereocenters. The molecule has 0 amide bonds. The molecule has 2 aromatic heterocycles. The molecule has 2 heterocycles. The van der Waals surface area contributed by atoms with Crippen LogP contribution in [0.2, 0.25) is 0 Å². The average molecular weight is 392 g/mol. The number of carbonyl (C=O) groups excluding carboxylic acids is 1. The number of carbonyl (C=O) groups is 1. The van der Waals surface area contributed by atoms with Crippen LogP contribution < -0.4 is 4.74 Å². The van der Waals surface area contributed by atoms with Crippen molar-refractivity contribution in [2.45, 2.75) is 19.4 Å². The van der Waals surface area contributed by atoms with E-state index in [0.29, 0.717) is 35.4 Å². The van der Waals surface area contributed by atoms with Crippen LogP contribution in [0.5, 0.6) is 5.75 Å². The quantitative estimate of drug-likeness (QED) is 0.416. The number of aryl methyl sites for hydroxylation is 1. The van der Waals surface area contributed by atoms with Crippen molar-refractivity contribution < 1.29 is 18.3 Å². The number of hydrogen-bond acceptors (Lipinski definition) is 3. The highest BCUT2D eigenvalue weighted by atomic mass is 19.1. The zero-order valence-corrected chi connectivity index (χ0v) is 15.5. The van der Waals surface area contributed by atoms with Gasteiger partial charge in [0, 0.05) is 23.7 Å². The first-order chi connectivity index (χ1) is 14.1. The molecule has 0 aliphatic rings. The van der Waals surface area contributed by atoms with E-state index < -0.39 is 5.95 Å². The van der Waals surface area contributed by atoms with E-state index in [9.17, 15) is 13.6 Å². The van der Waals surface area contributed by atoms with Crippen molar-refractivity contribution in [1.82, 2.24) is 9.38 Å². The van der Waals surface area contributed by atoms with Crippen molar-refractivity contribution in [2.24, 2.45) is 0 Å². The van der Waals surface area contributed by atoms with Gasteiger partial charge >= 0.3 is 0 Å². The molecule has 0 unspecified atom stereocenters. The maximum Gasteiger partial charge on any atom is 0.231 e. The smallest absolute Gasteiger partial charge is 0.231 e. The van der Waals surface area contributed by atoms with E-state index in [2.05, 4.69) is 4.98 Å². The van der Waals surface area contributed by atoms with Crippen LogP contribution in [-0.4, -0.2) is 15.2 Å². The Labute approximate surface area is 166 Å². The number of halogens is 2. The topological polar surface area (TPSA) is 43.6 Å². The summed E-state index contributed by atoms with van der Waals surface area (Å²) in [6, 6.07) is 17.1. The summed E-state index contributed by atoms with van der Waals surface area (Å²) in [7, 11) is 0. The van der Waals surface area contributed by atoms with E-state index >= 15 is 0 Å². The lowest BCUT2D eigenvalue weighted by Gasteiger charge is -2.09. The molecule has 4 aromatic rings. The summed E-state index contributed by atoms with van der Waals surface area (Å²) in [6.07, 6.45) is 3.71. The number of imidazole rings is 1. The van der Waals surface area contributed by atoms with Crippen molar-refractivity contribution >= 4 is 11.4 Å². The van der Waals surface area contributed by atoms with Crippen molar-refractivity contribution in [3.05, 3.63) is 102 Å². The van der Waals surface area contributed by atoms with E-state index in [1.54, 1.807) is 42.6 Å². The van der Waals surface area contributed by atoms with Gasteiger partial charge < -0.3 is 9.14 Å². The summed E-state index contributed by atoms with van der Waals surface area (Å²) in [5, 5.41) is 0. The first-order valence-electron chi connectivity index (χ1n) is 9.21. The molecule has 0 fully saturated rings. The van der Waals surface area contributed by atoms with Crippen LogP contribution in [0.4, 0.5) is 8.78 Å². The van der Waals surface area contributed by atoms with Gasteiger partial charge in [-0.3, -0.25) is 4.79 Å². The van der Waals surface area contributed by atoms with Gasteiger partial charge in [-0.25, -0.2) is 9.37 Å². The molecule has 0 radical (unpaired) electrons. The van der Waals surface area contributed by atoms with E-state index in [4.69, 9.17) is 4.74 Å². The van der Waals surface area contributed by atoms with Gasteiger partial charge in [-0.1, -0.05) is 30.3 Å². The minimum atomic E-state index is -0.582. The first kappa shape index (κ1) is 18.8. The summed E-state index contributed by atoms with van der Waals surface area (Å²) in [6.45, 7) is 0.135. The third-order valence-corrected chi connectivity index (χ3v) is 4.64. The molecular weight excluding hydrogens is 374 g/mol. The Balaban J connectivity index is 1.38. The number of benzene rings is 2. The van der Waals surface area contributed by atoms with E-state index in [1.807, 2.05) is 18.2 Å². The Hall–Kier alpha value is -3.54. The summed E-state index contributed by atoms with van der Waals surface area (Å²) in [5.41, 5.74) is 2.32. The van der Waals surface area contributed by atoms with Crippen LogP contribution in [0.15, 0.2) is 73.1 Å². The molecule has 0 aliphatic heterocycles. The molecule has 2 aromatic carbocycles. The third-order valence-electron chi connectivity index (χ3n) is 4.64. The van der Waals surface area contributed by atoms with E-state index in [-0.39, 0.29) is 18.2 Å². The standard InChI is InChI=1S/C23H18F2N2O2/c24-20-7-2-1-5-18(20)15-29-19-6-3-4-16(12-19)8-9-21(28)17-10-11-27-14-22(25)26-23(27)13-17/h1-7,10-14H,8-9,15H2. The number of hydrogen-bond donors (Lipinski definition) is 0. The molecule has 0 spiro atoms. The van der Waals surface area contributed by atoms with Gasteiger partial charge in [0.2, 0.25) is 5.95 Å². The molecule has 0 bridgehead atoms. The fraction of sp³-hybridized carbons (Fsp3) is 0.130. The van der Waals surface area contributed by atoms with Gasteiger partial charge in [0.15, 0.2) is 5.78 Å². The van der Waals surface area contributed by atoms with Crippen molar-refractivity contribution in [3.63, 3.8) is 0 Å². The number of ether oxygens (including phenoxy) is 1. The van der Waals surface area contributed by atoms with Crippen molar-refractivity contribution in [2.75, 3.05) is 0 Å². The first-order valence-corrected chi connectivity index (χ1v) is 9.21. The normalized spacial score (nSPS) is 11.0. The van der Waals surface area contributed by atoms with Gasteiger partial charge in [-0.05, 0) is 42.3 Å². The second-order valence-electron chi connectivity index (χ2n) is 6.70. The molecule has 6 heteroatoms. The molecule has 146 valence electrons. The number of aromatic nitrogens is 2. The number of nitrogens with zero attached hydrogens (tertiary/aromatic N) is 2. The van der Waals surface area contributed by atoms with Crippen LogP contribution in [0, 0.1) is 11.8 Å². The third kappa shape index (κ3) is 4.48. The lowest BCUT2D eigenvalue weighted by Crippen LogP contribution is -2.03. The summed E-state index contributed by atoms with van der Waals surface area (Å²) < 4.78 is 34.1. The fourth-order valence-electron chi connectivity index (χ4n) is 3.09. The fourth-order valence-corrected chi connectivity index (χ4v) is 3.09. The molecule has 4 rings (SSSR count). The van der Waals surface area contributed by atoms with Crippen LogP contribution >= 0.6 is 0 Å². The zero-order chi connectivity index (χ0) is 20.2.